The van der Waals surface area contributed by atoms with Crippen molar-refractivity contribution in [2.24, 2.45) is 0 Å². The molecule has 0 saturated heterocycles. The largest absolute Gasteiger partial charge is 0.497 e. The number of thioether (sulfide) groups is 1. The Morgan fingerprint density at radius 2 is 2.17 bits per heavy atom. The Morgan fingerprint density at radius 1 is 1.33 bits per heavy atom. The van der Waals surface area contributed by atoms with Crippen molar-refractivity contribution in [3.05, 3.63) is 59.4 Å². The predicted molar refractivity (Wildman–Crippen MR) is 115 cm³/mol. The van der Waals surface area contributed by atoms with Crippen LogP contribution < -0.4 is 9.64 Å². The molecule has 1 aliphatic rings. The fourth-order valence-electron chi connectivity index (χ4n) is 3.75. The van der Waals surface area contributed by atoms with Gasteiger partial charge in [-0.3, -0.25) is 4.79 Å². The number of nitriles is 1. The first-order chi connectivity index (χ1) is 14.5. The molecule has 5 nitrogen and oxygen atoms in total. The third kappa shape index (κ3) is 3.83. The normalized spacial score (nSPS) is 15.5. The number of anilines is 1. The molecule has 30 heavy (non-hydrogen) atoms. The smallest absolute Gasteiger partial charge is 0.237 e. The van der Waals surface area contributed by atoms with Gasteiger partial charge in [-0.15, -0.1) is 0 Å². The van der Waals surface area contributed by atoms with Crippen LogP contribution in [0.5, 0.6) is 5.75 Å². The fourth-order valence-corrected chi connectivity index (χ4v) is 4.58. The summed E-state index contributed by atoms with van der Waals surface area (Å²) in [7, 11) is 1.59. The summed E-state index contributed by atoms with van der Waals surface area (Å²) in [6.07, 6.45) is 1.53. The lowest BCUT2D eigenvalue weighted by Gasteiger charge is -2.35. The second kappa shape index (κ2) is 8.33. The van der Waals surface area contributed by atoms with Gasteiger partial charge in [0.05, 0.1) is 23.9 Å². The van der Waals surface area contributed by atoms with Gasteiger partial charge < -0.3 is 9.64 Å². The summed E-state index contributed by atoms with van der Waals surface area (Å²) < 4.78 is 18.8. The van der Waals surface area contributed by atoms with Gasteiger partial charge in [0.15, 0.2) is 0 Å². The minimum atomic E-state index is -0.291. The van der Waals surface area contributed by atoms with Gasteiger partial charge in [0.1, 0.15) is 22.7 Å². The molecule has 152 valence electrons. The highest BCUT2D eigenvalue weighted by Crippen LogP contribution is 2.33. The first-order valence-corrected chi connectivity index (χ1v) is 10.6. The molecule has 1 aliphatic heterocycles. The Morgan fingerprint density at radius 3 is 2.93 bits per heavy atom. The Bertz CT molecular complexity index is 1180. The Labute approximate surface area is 178 Å². The van der Waals surface area contributed by atoms with Crippen molar-refractivity contribution in [3.8, 4) is 11.8 Å². The molecule has 1 unspecified atom stereocenters. The summed E-state index contributed by atoms with van der Waals surface area (Å²) in [4.78, 5) is 19.4. The minimum absolute atomic E-state index is 0.0310. The number of pyridine rings is 1. The highest BCUT2D eigenvalue weighted by atomic mass is 32.2. The van der Waals surface area contributed by atoms with Gasteiger partial charge >= 0.3 is 0 Å². The molecule has 2 heterocycles. The molecule has 1 amide bonds. The number of amides is 1. The van der Waals surface area contributed by atoms with Crippen LogP contribution >= 0.6 is 11.8 Å². The number of hydrogen-bond donors (Lipinski definition) is 0. The van der Waals surface area contributed by atoms with E-state index in [4.69, 9.17) is 4.74 Å². The van der Waals surface area contributed by atoms with Crippen molar-refractivity contribution in [2.45, 2.75) is 30.8 Å². The van der Waals surface area contributed by atoms with Crippen molar-refractivity contribution in [1.29, 1.82) is 5.26 Å². The maximum absolute atomic E-state index is 13.6. The van der Waals surface area contributed by atoms with Crippen molar-refractivity contribution < 1.29 is 13.9 Å². The molecule has 0 N–H and O–H groups in total. The van der Waals surface area contributed by atoms with E-state index in [1.807, 2.05) is 25.1 Å². The molecule has 0 spiro atoms. The van der Waals surface area contributed by atoms with E-state index in [2.05, 4.69) is 11.1 Å². The molecule has 0 fully saturated rings. The maximum atomic E-state index is 13.6. The Hall–Kier alpha value is -3.11. The van der Waals surface area contributed by atoms with Crippen LogP contribution in [0.15, 0.2) is 47.5 Å². The second-order valence-corrected chi connectivity index (χ2v) is 8.19. The molecule has 1 aromatic heterocycles. The van der Waals surface area contributed by atoms with E-state index in [1.165, 1.54) is 23.9 Å². The standard InChI is InChI=1S/C23H20FN3O2S/c1-14-3-4-15-10-18(24)5-8-21(15)27(14)22(28)13-30-23-17(12-25)9-16-11-19(29-2)6-7-20(16)26-23/h5-11,14H,3-4,13H2,1-2H3. The molecule has 0 aliphatic carbocycles. The lowest BCUT2D eigenvalue weighted by atomic mass is 9.96. The van der Waals surface area contributed by atoms with Crippen LogP contribution in [-0.4, -0.2) is 29.8 Å². The Kier molecular flexibility index (Phi) is 5.60. The molecule has 0 saturated carbocycles. The lowest BCUT2D eigenvalue weighted by Crippen LogP contribution is -2.43. The zero-order chi connectivity index (χ0) is 21.3. The number of carbonyl (C=O) groups is 1. The SMILES string of the molecule is COc1ccc2nc(SCC(=O)N3c4ccc(F)cc4CCC3C)c(C#N)cc2c1. The van der Waals surface area contributed by atoms with Gasteiger partial charge in [0, 0.05) is 17.1 Å². The zero-order valence-corrected chi connectivity index (χ0v) is 17.5. The zero-order valence-electron chi connectivity index (χ0n) is 16.7. The highest BCUT2D eigenvalue weighted by Gasteiger charge is 2.28. The number of aromatic nitrogens is 1. The maximum Gasteiger partial charge on any atom is 0.237 e. The van der Waals surface area contributed by atoms with Crippen LogP contribution in [0, 0.1) is 17.1 Å². The summed E-state index contributed by atoms with van der Waals surface area (Å²) >= 11 is 1.25. The van der Waals surface area contributed by atoms with Gasteiger partial charge in [-0.25, -0.2) is 9.37 Å². The number of methoxy groups -OCH3 is 1. The summed E-state index contributed by atoms with van der Waals surface area (Å²) in [5.41, 5.74) is 2.77. The van der Waals surface area contributed by atoms with Crippen LogP contribution in [-0.2, 0) is 11.2 Å². The van der Waals surface area contributed by atoms with E-state index in [1.54, 1.807) is 24.1 Å². The van der Waals surface area contributed by atoms with Gasteiger partial charge in [0.2, 0.25) is 5.91 Å². The fraction of sp³-hybridized carbons (Fsp3) is 0.261. The minimum Gasteiger partial charge on any atom is -0.497 e. The number of hydrogen-bond acceptors (Lipinski definition) is 5. The summed E-state index contributed by atoms with van der Waals surface area (Å²) in [5, 5.41) is 10.9. The van der Waals surface area contributed by atoms with Crippen LogP contribution in [0.1, 0.15) is 24.5 Å². The molecule has 3 aromatic rings. The number of aryl methyl sites for hydroxylation is 1. The van der Waals surface area contributed by atoms with E-state index < -0.39 is 0 Å². The third-order valence-corrected chi connectivity index (χ3v) is 6.26. The van der Waals surface area contributed by atoms with Crippen LogP contribution in [0.2, 0.25) is 0 Å². The van der Waals surface area contributed by atoms with Crippen LogP contribution in [0.4, 0.5) is 10.1 Å². The van der Waals surface area contributed by atoms with E-state index in [0.29, 0.717) is 16.3 Å². The van der Waals surface area contributed by atoms with Crippen molar-refractivity contribution in [2.75, 3.05) is 17.8 Å². The second-order valence-electron chi connectivity index (χ2n) is 7.22. The molecule has 4 rings (SSSR count). The first kappa shape index (κ1) is 20.2. The van der Waals surface area contributed by atoms with E-state index >= 15 is 0 Å². The summed E-state index contributed by atoms with van der Waals surface area (Å²) in [5.74, 6) is 0.462. The van der Waals surface area contributed by atoms with Crippen molar-refractivity contribution in [3.63, 3.8) is 0 Å². The van der Waals surface area contributed by atoms with Gasteiger partial charge in [-0.05, 0) is 67.8 Å². The molecule has 0 bridgehead atoms. The molecule has 0 radical (unpaired) electrons. The van der Waals surface area contributed by atoms with Gasteiger partial charge in [-0.2, -0.15) is 5.26 Å². The number of fused-ring (bicyclic) bond motifs is 2. The number of rotatable bonds is 4. The van der Waals surface area contributed by atoms with E-state index in [9.17, 15) is 14.4 Å². The molecule has 2 aromatic carbocycles. The molecule has 1 atom stereocenters. The number of benzene rings is 2. The monoisotopic (exact) mass is 421 g/mol. The number of nitrogens with zero attached hydrogens (tertiary/aromatic N) is 3. The Balaban J connectivity index is 1.58. The number of ether oxygens (including phenoxy) is 1. The number of halogens is 1. The van der Waals surface area contributed by atoms with Gasteiger partial charge in [0.25, 0.3) is 0 Å². The van der Waals surface area contributed by atoms with Gasteiger partial charge in [-0.1, -0.05) is 11.8 Å². The topological polar surface area (TPSA) is 66.2 Å². The number of carbonyl (C=O) groups excluding carboxylic acids is 1. The van der Waals surface area contributed by atoms with Crippen molar-refractivity contribution in [1.82, 2.24) is 4.98 Å². The first-order valence-electron chi connectivity index (χ1n) is 9.62. The van der Waals surface area contributed by atoms with Crippen molar-refractivity contribution >= 4 is 34.3 Å². The average Bonchev–Trinajstić information content (AvgIpc) is 2.76. The van der Waals surface area contributed by atoms with E-state index in [-0.39, 0.29) is 23.5 Å². The molecular weight excluding hydrogens is 401 g/mol. The summed E-state index contributed by atoms with van der Waals surface area (Å²) in [6, 6.07) is 14.0. The highest BCUT2D eigenvalue weighted by molar-refractivity contribution is 8.00. The summed E-state index contributed by atoms with van der Waals surface area (Å²) in [6.45, 7) is 2.00. The average molecular weight is 421 g/mol. The lowest BCUT2D eigenvalue weighted by molar-refractivity contribution is -0.116. The quantitative estimate of drug-likeness (QED) is 0.571. The van der Waals surface area contributed by atoms with E-state index in [0.717, 1.165) is 35.0 Å². The van der Waals surface area contributed by atoms with Crippen LogP contribution in [0.25, 0.3) is 10.9 Å². The third-order valence-electron chi connectivity index (χ3n) is 5.28. The van der Waals surface area contributed by atoms with Crippen LogP contribution in [0.3, 0.4) is 0 Å². The molecule has 7 heteroatoms. The molecular formula is C23H20FN3O2S. The predicted octanol–water partition coefficient (Wildman–Crippen LogP) is 4.71.